The van der Waals surface area contributed by atoms with Gasteiger partial charge in [0.1, 0.15) is 11.9 Å². The van der Waals surface area contributed by atoms with Crippen molar-refractivity contribution in [2.45, 2.75) is 31.2 Å². The summed E-state index contributed by atoms with van der Waals surface area (Å²) in [5.41, 5.74) is -0.734. The van der Waals surface area contributed by atoms with Crippen LogP contribution in [0, 0.1) is 0 Å². The number of alkyl carbamates (subject to hydrolysis) is 1. The van der Waals surface area contributed by atoms with Crippen molar-refractivity contribution < 1.29 is 37.3 Å². The van der Waals surface area contributed by atoms with Gasteiger partial charge in [0, 0.05) is 52.0 Å². The van der Waals surface area contributed by atoms with Crippen molar-refractivity contribution in [2.24, 2.45) is 0 Å². The number of ether oxygens (including phenoxy) is 2. The molecule has 3 N–H and O–H groups in total. The number of aromatic nitrogens is 1. The molecule has 33 heavy (non-hydrogen) atoms. The number of methoxy groups -OCH3 is 1. The Bertz CT molecular complexity index is 992. The number of fused-ring (bicyclic) bond motifs is 1. The van der Waals surface area contributed by atoms with Gasteiger partial charge in [-0.25, -0.2) is 9.78 Å². The smallest absolute Gasteiger partial charge is 0.417 e. The predicted molar refractivity (Wildman–Crippen MR) is 116 cm³/mol. The Morgan fingerprint density at radius 2 is 2.06 bits per heavy atom. The number of halogens is 3. The van der Waals surface area contributed by atoms with Crippen LogP contribution in [0.2, 0.25) is 0 Å². The van der Waals surface area contributed by atoms with Crippen molar-refractivity contribution in [1.29, 1.82) is 0 Å². The second-order valence-electron chi connectivity index (χ2n) is 7.51. The Kier molecular flexibility index (Phi) is 7.97. The van der Waals surface area contributed by atoms with E-state index in [2.05, 4.69) is 15.6 Å². The number of pyridine rings is 1. The van der Waals surface area contributed by atoms with Crippen molar-refractivity contribution in [1.82, 2.24) is 15.6 Å². The monoisotopic (exact) mass is 490 g/mol. The first-order chi connectivity index (χ1) is 15.6. The van der Waals surface area contributed by atoms with E-state index in [0.717, 1.165) is 17.4 Å². The van der Waals surface area contributed by atoms with E-state index in [0.29, 0.717) is 25.9 Å². The van der Waals surface area contributed by atoms with E-state index >= 15 is 0 Å². The van der Waals surface area contributed by atoms with E-state index in [1.165, 1.54) is 19.5 Å². The average molecular weight is 491 g/mol. The van der Waals surface area contributed by atoms with Crippen LogP contribution >= 0.6 is 11.3 Å². The first kappa shape index (κ1) is 25.0. The molecule has 13 heteroatoms. The lowest BCUT2D eigenvalue weighted by Gasteiger charge is -2.32. The van der Waals surface area contributed by atoms with Crippen LogP contribution in [-0.4, -0.2) is 74.7 Å². The SMILES string of the molecule is CNC(=O)c1csc2c(C(F)(F)F)cc(N3CCC(OC(=O)NCC(O)COC)CC3)nc12. The topological polar surface area (TPSA) is 113 Å². The van der Waals surface area contributed by atoms with Gasteiger partial charge in [-0.05, 0) is 6.07 Å². The zero-order valence-electron chi connectivity index (χ0n) is 18.1. The van der Waals surface area contributed by atoms with Gasteiger partial charge in [-0.1, -0.05) is 0 Å². The Labute approximate surface area is 191 Å². The third-order valence-electron chi connectivity index (χ3n) is 5.17. The number of hydrogen-bond donors (Lipinski definition) is 3. The molecule has 3 heterocycles. The number of anilines is 1. The van der Waals surface area contributed by atoms with E-state index in [1.54, 1.807) is 4.90 Å². The van der Waals surface area contributed by atoms with Crippen LogP contribution in [-0.2, 0) is 15.7 Å². The highest BCUT2D eigenvalue weighted by molar-refractivity contribution is 7.17. The first-order valence-corrected chi connectivity index (χ1v) is 11.1. The summed E-state index contributed by atoms with van der Waals surface area (Å²) in [5.74, 6) is -0.392. The maximum atomic E-state index is 13.7. The molecule has 1 fully saturated rings. The zero-order valence-corrected chi connectivity index (χ0v) is 18.9. The molecule has 9 nitrogen and oxygen atoms in total. The molecule has 0 aliphatic carbocycles. The molecule has 3 rings (SSSR count). The fraction of sp³-hybridized carbons (Fsp3) is 0.550. The normalized spacial score (nSPS) is 16.0. The van der Waals surface area contributed by atoms with Crippen LogP contribution in [0.5, 0.6) is 0 Å². The lowest BCUT2D eigenvalue weighted by molar-refractivity contribution is -0.136. The summed E-state index contributed by atoms with van der Waals surface area (Å²) in [6.45, 7) is 0.685. The molecule has 2 aromatic rings. The van der Waals surface area contributed by atoms with Gasteiger partial charge in [0.05, 0.1) is 34.1 Å². The van der Waals surface area contributed by atoms with Crippen LogP contribution in [0.25, 0.3) is 10.2 Å². The van der Waals surface area contributed by atoms with Gasteiger partial charge in [-0.15, -0.1) is 11.3 Å². The number of amides is 2. The Morgan fingerprint density at radius 1 is 1.36 bits per heavy atom. The third-order valence-corrected chi connectivity index (χ3v) is 6.17. The number of nitrogens with zero attached hydrogens (tertiary/aromatic N) is 2. The quantitative estimate of drug-likeness (QED) is 0.546. The van der Waals surface area contributed by atoms with Crippen molar-refractivity contribution in [3.05, 3.63) is 22.6 Å². The van der Waals surface area contributed by atoms with Crippen LogP contribution in [0.15, 0.2) is 11.4 Å². The molecule has 0 spiro atoms. The molecule has 1 saturated heterocycles. The number of rotatable bonds is 7. The van der Waals surface area contributed by atoms with Gasteiger partial charge in [0.15, 0.2) is 0 Å². The molecular formula is C20H25F3N4O5S. The minimum Gasteiger partial charge on any atom is -0.446 e. The van der Waals surface area contributed by atoms with Crippen LogP contribution in [0.3, 0.4) is 0 Å². The second-order valence-corrected chi connectivity index (χ2v) is 8.39. The van der Waals surface area contributed by atoms with E-state index in [1.807, 2.05) is 0 Å². The minimum atomic E-state index is -4.60. The number of nitrogens with one attached hydrogen (secondary N) is 2. The number of carbonyl (C=O) groups excluding carboxylic acids is 2. The fourth-order valence-corrected chi connectivity index (χ4v) is 4.54. The number of piperidine rings is 1. The number of hydrogen-bond acceptors (Lipinski definition) is 8. The van der Waals surface area contributed by atoms with Gasteiger partial charge in [-0.3, -0.25) is 4.79 Å². The molecule has 0 saturated carbocycles. The van der Waals surface area contributed by atoms with Gasteiger partial charge < -0.3 is 30.1 Å². The summed E-state index contributed by atoms with van der Waals surface area (Å²) in [7, 11) is 2.83. The predicted octanol–water partition coefficient (Wildman–Crippen LogP) is 2.38. The summed E-state index contributed by atoms with van der Waals surface area (Å²) in [4.78, 5) is 30.0. The van der Waals surface area contributed by atoms with Crippen molar-refractivity contribution in [2.75, 3.05) is 45.3 Å². The lowest BCUT2D eigenvalue weighted by atomic mass is 10.1. The lowest BCUT2D eigenvalue weighted by Crippen LogP contribution is -2.41. The molecule has 2 amide bonds. The highest BCUT2D eigenvalue weighted by Gasteiger charge is 2.36. The molecule has 1 aliphatic heterocycles. The summed E-state index contributed by atoms with van der Waals surface area (Å²) < 4.78 is 51.1. The standard InChI is InChI=1S/C20H25F3N4O5S/c1-24-18(29)13-10-33-17-14(20(21,22)23)7-15(26-16(13)17)27-5-3-12(4-6-27)32-19(30)25-8-11(28)9-31-2/h7,10-12,28H,3-6,8-9H2,1-2H3,(H,24,29)(H,25,30). The summed E-state index contributed by atoms with van der Waals surface area (Å²) in [6.07, 6.45) is -5.79. The van der Waals surface area contributed by atoms with Crippen molar-refractivity contribution >= 4 is 39.4 Å². The fourth-order valence-electron chi connectivity index (χ4n) is 3.51. The number of thiophene rings is 1. The molecule has 182 valence electrons. The summed E-state index contributed by atoms with van der Waals surface area (Å²) >= 11 is 0.831. The molecule has 2 aromatic heterocycles. The first-order valence-electron chi connectivity index (χ1n) is 10.2. The second kappa shape index (κ2) is 10.5. The average Bonchev–Trinajstić information content (AvgIpc) is 3.20. The Hall–Kier alpha value is -2.64. The van der Waals surface area contributed by atoms with Gasteiger partial charge in [-0.2, -0.15) is 13.2 Å². The van der Waals surface area contributed by atoms with E-state index in [-0.39, 0.29) is 34.7 Å². The summed E-state index contributed by atoms with van der Waals surface area (Å²) in [5, 5.41) is 15.8. The van der Waals surface area contributed by atoms with Crippen molar-refractivity contribution in [3.63, 3.8) is 0 Å². The number of alkyl halides is 3. The molecule has 1 aliphatic rings. The van der Waals surface area contributed by atoms with E-state index in [9.17, 15) is 27.9 Å². The van der Waals surface area contributed by atoms with Gasteiger partial charge in [0.2, 0.25) is 0 Å². The minimum absolute atomic E-state index is 0.0107. The highest BCUT2D eigenvalue weighted by atomic mass is 32.1. The van der Waals surface area contributed by atoms with Crippen LogP contribution < -0.4 is 15.5 Å². The molecule has 0 bridgehead atoms. The third kappa shape index (κ3) is 6.03. The maximum Gasteiger partial charge on any atom is 0.417 e. The van der Waals surface area contributed by atoms with Gasteiger partial charge >= 0.3 is 12.3 Å². The van der Waals surface area contributed by atoms with Gasteiger partial charge in [0.25, 0.3) is 5.91 Å². The van der Waals surface area contributed by atoms with E-state index in [4.69, 9.17) is 9.47 Å². The summed E-state index contributed by atoms with van der Waals surface area (Å²) in [6, 6.07) is 0.998. The molecule has 1 unspecified atom stereocenters. The Balaban J connectivity index is 1.70. The molecule has 0 aromatic carbocycles. The maximum absolute atomic E-state index is 13.7. The highest BCUT2D eigenvalue weighted by Crippen LogP contribution is 2.40. The van der Waals surface area contributed by atoms with Crippen LogP contribution in [0.4, 0.5) is 23.8 Å². The molecular weight excluding hydrogens is 465 g/mol. The number of aliphatic hydroxyl groups is 1. The largest absolute Gasteiger partial charge is 0.446 e. The number of aliphatic hydroxyl groups excluding tert-OH is 1. The number of carbonyl (C=O) groups is 2. The van der Waals surface area contributed by atoms with E-state index < -0.39 is 35.9 Å². The molecule has 0 radical (unpaired) electrons. The Morgan fingerprint density at radius 3 is 2.67 bits per heavy atom. The van der Waals surface area contributed by atoms with Crippen LogP contribution in [0.1, 0.15) is 28.8 Å². The zero-order chi connectivity index (χ0) is 24.2. The van der Waals surface area contributed by atoms with Crippen molar-refractivity contribution in [3.8, 4) is 0 Å². The molecule has 1 atom stereocenters.